The molecule has 1 unspecified atom stereocenters. The van der Waals surface area contributed by atoms with Crippen molar-refractivity contribution in [2.75, 3.05) is 6.61 Å². The molecule has 2 heteroatoms. The van der Waals surface area contributed by atoms with E-state index in [0.29, 0.717) is 16.2 Å². The Morgan fingerprint density at radius 2 is 1.75 bits per heavy atom. The highest BCUT2D eigenvalue weighted by atomic mass is 31.1. The molecule has 2 aliphatic carbocycles. The molecular formula is C18H31OP. The zero-order valence-corrected chi connectivity index (χ0v) is 15.2. The predicted octanol–water partition coefficient (Wildman–Crippen LogP) is 6.05. The fraction of sp³-hybridized carbons (Fsp3) is 0.778. The molecule has 0 spiro atoms. The highest BCUT2D eigenvalue weighted by Crippen LogP contribution is 2.68. The van der Waals surface area contributed by atoms with Crippen LogP contribution in [0, 0.1) is 5.92 Å². The second-order valence-corrected chi connectivity index (χ2v) is 11.8. The molecule has 1 atom stereocenters. The van der Waals surface area contributed by atoms with Gasteiger partial charge in [-0.25, -0.2) is 0 Å². The standard InChI is InChI=1S/C18H31OP/c1-8-19-15-12-16(14-11-9-10-13(14)15)20(17(2,3)4)18(5,6)7/h12-13H,8-11H2,1-7H3. The van der Waals surface area contributed by atoms with Crippen molar-refractivity contribution in [3.8, 4) is 0 Å². The summed E-state index contributed by atoms with van der Waals surface area (Å²) in [6, 6.07) is 0. The summed E-state index contributed by atoms with van der Waals surface area (Å²) >= 11 is 0. The summed E-state index contributed by atoms with van der Waals surface area (Å²) < 4.78 is 5.95. The third-order valence-electron chi connectivity index (χ3n) is 4.20. The molecule has 0 aliphatic heterocycles. The van der Waals surface area contributed by atoms with E-state index >= 15 is 0 Å². The van der Waals surface area contributed by atoms with Crippen LogP contribution >= 0.6 is 7.92 Å². The highest BCUT2D eigenvalue weighted by Gasteiger charge is 2.42. The van der Waals surface area contributed by atoms with E-state index in [9.17, 15) is 0 Å². The second kappa shape index (κ2) is 5.48. The average molecular weight is 294 g/mol. The van der Waals surface area contributed by atoms with Crippen LogP contribution in [0.5, 0.6) is 0 Å². The quantitative estimate of drug-likeness (QED) is 0.575. The van der Waals surface area contributed by atoms with Crippen molar-refractivity contribution >= 4 is 7.92 Å². The van der Waals surface area contributed by atoms with Gasteiger partial charge in [0.15, 0.2) is 0 Å². The van der Waals surface area contributed by atoms with E-state index in [2.05, 4.69) is 54.5 Å². The minimum Gasteiger partial charge on any atom is -0.498 e. The van der Waals surface area contributed by atoms with Gasteiger partial charge in [0, 0.05) is 5.92 Å². The van der Waals surface area contributed by atoms with Crippen LogP contribution in [0.15, 0.2) is 22.7 Å². The first-order valence-electron chi connectivity index (χ1n) is 8.04. The fourth-order valence-corrected chi connectivity index (χ4v) is 8.31. The zero-order valence-electron chi connectivity index (χ0n) is 14.3. The largest absolute Gasteiger partial charge is 0.498 e. The zero-order chi connectivity index (χ0) is 15.1. The van der Waals surface area contributed by atoms with Crippen LogP contribution < -0.4 is 0 Å². The molecule has 0 radical (unpaired) electrons. The SMILES string of the molecule is CCOC1=CC(P(C(C)(C)C)C(C)(C)C)=C2CCCC12. The van der Waals surface area contributed by atoms with Crippen molar-refractivity contribution in [2.45, 2.75) is 78.0 Å². The maximum absolute atomic E-state index is 5.95. The van der Waals surface area contributed by atoms with Crippen LogP contribution in [-0.2, 0) is 4.74 Å². The lowest BCUT2D eigenvalue weighted by atomic mass is 10.1. The monoisotopic (exact) mass is 294 g/mol. The average Bonchev–Trinajstić information content (AvgIpc) is 2.80. The van der Waals surface area contributed by atoms with Gasteiger partial charge in [-0.05, 0) is 47.9 Å². The first-order valence-corrected chi connectivity index (χ1v) is 9.38. The molecule has 20 heavy (non-hydrogen) atoms. The Kier molecular flexibility index (Phi) is 4.41. The smallest absolute Gasteiger partial charge is 0.104 e. The first-order chi connectivity index (χ1) is 9.16. The van der Waals surface area contributed by atoms with E-state index in [4.69, 9.17) is 4.74 Å². The third kappa shape index (κ3) is 2.98. The van der Waals surface area contributed by atoms with Gasteiger partial charge in [-0.1, -0.05) is 55.0 Å². The van der Waals surface area contributed by atoms with Crippen LogP contribution in [-0.4, -0.2) is 16.9 Å². The lowest BCUT2D eigenvalue weighted by molar-refractivity contribution is 0.203. The number of fused-ring (bicyclic) bond motifs is 1. The van der Waals surface area contributed by atoms with Crippen molar-refractivity contribution < 1.29 is 4.74 Å². The Labute approximate surface area is 126 Å². The molecule has 0 aromatic carbocycles. The summed E-state index contributed by atoms with van der Waals surface area (Å²) in [5.74, 6) is 1.87. The lowest BCUT2D eigenvalue weighted by Crippen LogP contribution is -2.25. The number of allylic oxidation sites excluding steroid dienone is 3. The number of rotatable bonds is 3. The Morgan fingerprint density at radius 1 is 1.15 bits per heavy atom. The van der Waals surface area contributed by atoms with Crippen LogP contribution in [0.1, 0.15) is 67.7 Å². The van der Waals surface area contributed by atoms with Gasteiger partial charge in [0.1, 0.15) is 5.76 Å². The van der Waals surface area contributed by atoms with E-state index in [1.807, 2.05) is 0 Å². The van der Waals surface area contributed by atoms with E-state index < -0.39 is 0 Å². The molecule has 114 valence electrons. The summed E-state index contributed by atoms with van der Waals surface area (Å²) in [5, 5.41) is 2.36. The maximum Gasteiger partial charge on any atom is 0.104 e. The molecule has 1 nitrogen and oxygen atoms in total. The summed E-state index contributed by atoms with van der Waals surface area (Å²) in [6.45, 7) is 17.4. The molecule has 0 aromatic heterocycles. The van der Waals surface area contributed by atoms with Gasteiger partial charge in [-0.3, -0.25) is 0 Å². The topological polar surface area (TPSA) is 9.23 Å². The van der Waals surface area contributed by atoms with E-state index in [1.54, 1.807) is 10.9 Å². The first kappa shape index (κ1) is 16.1. The van der Waals surface area contributed by atoms with Gasteiger partial charge < -0.3 is 4.74 Å². The summed E-state index contributed by atoms with van der Waals surface area (Å²) in [6.07, 6.45) is 6.34. The minimum absolute atomic E-state index is 0.190. The normalized spacial score (nSPS) is 23.4. The Morgan fingerprint density at radius 3 is 2.25 bits per heavy atom. The van der Waals surface area contributed by atoms with Gasteiger partial charge in [0.25, 0.3) is 0 Å². The fourth-order valence-electron chi connectivity index (χ4n) is 4.04. The van der Waals surface area contributed by atoms with Crippen LogP contribution in [0.4, 0.5) is 0 Å². The van der Waals surface area contributed by atoms with Crippen molar-refractivity contribution in [3.63, 3.8) is 0 Å². The van der Waals surface area contributed by atoms with Gasteiger partial charge in [-0.15, -0.1) is 0 Å². The van der Waals surface area contributed by atoms with E-state index in [0.717, 1.165) is 6.61 Å². The number of hydrogen-bond acceptors (Lipinski definition) is 1. The van der Waals surface area contributed by atoms with Crippen LogP contribution in [0.3, 0.4) is 0 Å². The molecule has 0 saturated heterocycles. The summed E-state index contributed by atoms with van der Waals surface area (Å²) in [4.78, 5) is 0. The van der Waals surface area contributed by atoms with Crippen molar-refractivity contribution in [3.05, 3.63) is 22.7 Å². The van der Waals surface area contributed by atoms with Crippen molar-refractivity contribution in [1.29, 1.82) is 0 Å². The molecule has 0 N–H and O–H groups in total. The van der Waals surface area contributed by atoms with E-state index in [1.165, 1.54) is 25.0 Å². The number of ether oxygens (including phenoxy) is 1. The van der Waals surface area contributed by atoms with Gasteiger partial charge in [0.2, 0.25) is 0 Å². The predicted molar refractivity (Wildman–Crippen MR) is 90.5 cm³/mol. The summed E-state index contributed by atoms with van der Waals surface area (Å²) in [5.41, 5.74) is 1.71. The summed E-state index contributed by atoms with van der Waals surface area (Å²) in [7, 11) is -0.190. The molecule has 1 saturated carbocycles. The van der Waals surface area contributed by atoms with E-state index in [-0.39, 0.29) is 7.92 Å². The molecule has 1 fully saturated rings. The number of hydrogen-bond donors (Lipinski definition) is 0. The lowest BCUT2D eigenvalue weighted by Gasteiger charge is -2.42. The highest BCUT2D eigenvalue weighted by molar-refractivity contribution is 7.65. The molecule has 0 amide bonds. The Hall–Kier alpha value is -0.290. The Balaban J connectivity index is 2.44. The minimum atomic E-state index is -0.190. The van der Waals surface area contributed by atoms with Gasteiger partial charge in [0.05, 0.1) is 6.61 Å². The molecule has 0 aromatic rings. The molecule has 0 bridgehead atoms. The molecule has 2 aliphatic rings. The molecule has 2 rings (SSSR count). The van der Waals surface area contributed by atoms with Crippen molar-refractivity contribution in [2.24, 2.45) is 5.92 Å². The van der Waals surface area contributed by atoms with Crippen LogP contribution in [0.25, 0.3) is 0 Å². The van der Waals surface area contributed by atoms with Gasteiger partial charge in [-0.2, -0.15) is 0 Å². The Bertz CT molecular complexity index is 417. The second-order valence-electron chi connectivity index (χ2n) is 8.01. The van der Waals surface area contributed by atoms with Crippen molar-refractivity contribution in [1.82, 2.24) is 0 Å². The third-order valence-corrected chi connectivity index (χ3v) is 7.79. The molecule has 0 heterocycles. The molecular weight excluding hydrogens is 263 g/mol. The maximum atomic E-state index is 5.95. The van der Waals surface area contributed by atoms with Gasteiger partial charge >= 0.3 is 0 Å². The van der Waals surface area contributed by atoms with Crippen LogP contribution in [0.2, 0.25) is 0 Å².